The summed E-state index contributed by atoms with van der Waals surface area (Å²) in [5, 5.41) is 6.01. The second kappa shape index (κ2) is 8.85. The number of halogens is 4. The van der Waals surface area contributed by atoms with Crippen molar-refractivity contribution in [1.82, 2.24) is 14.8 Å². The summed E-state index contributed by atoms with van der Waals surface area (Å²) in [5.41, 5.74) is 4.33. The molecule has 0 fully saturated rings. The number of nitrogens with zero attached hydrogens (tertiary/aromatic N) is 3. The van der Waals surface area contributed by atoms with E-state index in [0.29, 0.717) is 10.2 Å². The summed E-state index contributed by atoms with van der Waals surface area (Å²) in [6.07, 6.45) is -2.65. The van der Waals surface area contributed by atoms with E-state index in [-0.39, 0.29) is 28.7 Å². The van der Waals surface area contributed by atoms with Crippen LogP contribution in [0.15, 0.2) is 67.0 Å². The molecule has 3 N–H and O–H groups in total. The second-order valence-electron chi connectivity index (χ2n) is 7.17. The van der Waals surface area contributed by atoms with Gasteiger partial charge in [0.1, 0.15) is 11.6 Å². The van der Waals surface area contributed by atoms with Crippen LogP contribution >= 0.6 is 0 Å². The number of nitrogens with two attached hydrogens (primary N) is 1. The summed E-state index contributed by atoms with van der Waals surface area (Å²) in [5.74, 6) is -1.60. The van der Waals surface area contributed by atoms with Gasteiger partial charge in [0, 0.05) is 23.5 Å². The normalized spacial score (nSPS) is 11.3. The minimum absolute atomic E-state index is 0.0681. The van der Waals surface area contributed by atoms with Crippen LogP contribution in [0.1, 0.15) is 21.6 Å². The van der Waals surface area contributed by atoms with Crippen molar-refractivity contribution in [2.75, 3.05) is 11.1 Å². The fraction of sp³-hybridized carbons (Fsp3) is 0.0870. The predicted octanol–water partition coefficient (Wildman–Crippen LogP) is 5.36. The number of hydrogen-bond acceptors (Lipinski definition) is 5. The largest absolute Gasteiger partial charge is 0.454 e. The molecule has 34 heavy (non-hydrogen) atoms. The standard InChI is InChI=1S/C23H17F4N5O2/c1-13-18(9-10-29-21(13)28)34-19-8-7-14(11-17(19)24)31-22(33)16-12-30-32(20(16)23(25,26)27)15-5-3-2-4-6-15/h2-12H,1H3,(H2,28,29)(H,31,33). The number of nitrogen functional groups attached to an aromatic ring is 1. The Balaban J connectivity index is 1.59. The van der Waals surface area contributed by atoms with E-state index in [1.165, 1.54) is 36.5 Å². The van der Waals surface area contributed by atoms with Crippen LogP contribution in [0.3, 0.4) is 0 Å². The number of carbonyl (C=O) groups is 1. The first-order chi connectivity index (χ1) is 16.1. The Bertz CT molecular complexity index is 1350. The van der Waals surface area contributed by atoms with Crippen molar-refractivity contribution in [3.8, 4) is 17.2 Å². The molecule has 4 rings (SSSR count). The van der Waals surface area contributed by atoms with Crippen LogP contribution in [0, 0.1) is 12.7 Å². The lowest BCUT2D eigenvalue weighted by atomic mass is 10.2. The van der Waals surface area contributed by atoms with Gasteiger partial charge in [-0.3, -0.25) is 4.79 Å². The van der Waals surface area contributed by atoms with E-state index in [0.717, 1.165) is 12.3 Å². The highest BCUT2D eigenvalue weighted by Crippen LogP contribution is 2.34. The molecule has 0 aliphatic heterocycles. The molecule has 2 heterocycles. The van der Waals surface area contributed by atoms with Crippen LogP contribution in [0.25, 0.3) is 5.69 Å². The monoisotopic (exact) mass is 471 g/mol. The van der Waals surface area contributed by atoms with E-state index < -0.39 is 29.2 Å². The lowest BCUT2D eigenvalue weighted by Gasteiger charge is -2.13. The molecule has 11 heteroatoms. The Labute approximate surface area is 190 Å². The summed E-state index contributed by atoms with van der Waals surface area (Å²) in [4.78, 5) is 16.6. The van der Waals surface area contributed by atoms with Gasteiger partial charge in [0.2, 0.25) is 0 Å². The number of ether oxygens (including phenoxy) is 1. The number of carbonyl (C=O) groups excluding carboxylic acids is 1. The highest BCUT2D eigenvalue weighted by atomic mass is 19.4. The number of anilines is 2. The highest BCUT2D eigenvalue weighted by Gasteiger charge is 2.40. The van der Waals surface area contributed by atoms with E-state index >= 15 is 0 Å². The maximum absolute atomic E-state index is 14.6. The number of alkyl halides is 3. The van der Waals surface area contributed by atoms with E-state index in [1.54, 1.807) is 25.1 Å². The molecule has 174 valence electrons. The van der Waals surface area contributed by atoms with Gasteiger partial charge in [0.15, 0.2) is 17.3 Å². The van der Waals surface area contributed by atoms with Gasteiger partial charge in [-0.25, -0.2) is 14.1 Å². The van der Waals surface area contributed by atoms with Crippen molar-refractivity contribution >= 4 is 17.4 Å². The molecule has 0 saturated carbocycles. The first-order valence-electron chi connectivity index (χ1n) is 9.85. The third-order valence-electron chi connectivity index (χ3n) is 4.89. The second-order valence-corrected chi connectivity index (χ2v) is 7.17. The molecule has 2 aromatic heterocycles. The fourth-order valence-corrected chi connectivity index (χ4v) is 3.17. The Morgan fingerprint density at radius 1 is 1.09 bits per heavy atom. The van der Waals surface area contributed by atoms with Gasteiger partial charge in [-0.2, -0.15) is 18.3 Å². The molecule has 0 radical (unpaired) electrons. The number of aromatic nitrogens is 3. The van der Waals surface area contributed by atoms with Crippen molar-refractivity contribution in [1.29, 1.82) is 0 Å². The lowest BCUT2D eigenvalue weighted by molar-refractivity contribution is -0.143. The van der Waals surface area contributed by atoms with Gasteiger partial charge in [-0.05, 0) is 37.3 Å². The highest BCUT2D eigenvalue weighted by molar-refractivity contribution is 6.05. The molecular weight excluding hydrogens is 454 g/mol. The molecule has 0 saturated heterocycles. The zero-order chi connectivity index (χ0) is 24.5. The number of pyridine rings is 1. The Hall–Kier alpha value is -4.41. The fourth-order valence-electron chi connectivity index (χ4n) is 3.17. The van der Waals surface area contributed by atoms with Crippen molar-refractivity contribution in [3.63, 3.8) is 0 Å². The molecular formula is C23H17F4N5O2. The number of benzene rings is 2. The molecule has 0 spiro atoms. The van der Waals surface area contributed by atoms with E-state index in [1.807, 2.05) is 0 Å². The summed E-state index contributed by atoms with van der Waals surface area (Å²) >= 11 is 0. The summed E-state index contributed by atoms with van der Waals surface area (Å²) in [6.45, 7) is 1.65. The van der Waals surface area contributed by atoms with E-state index in [9.17, 15) is 22.4 Å². The Morgan fingerprint density at radius 3 is 2.50 bits per heavy atom. The van der Waals surface area contributed by atoms with E-state index in [4.69, 9.17) is 10.5 Å². The minimum atomic E-state index is -4.87. The molecule has 0 bridgehead atoms. The number of hydrogen-bond donors (Lipinski definition) is 2. The van der Waals surface area contributed by atoms with Crippen molar-refractivity contribution < 1.29 is 27.1 Å². The minimum Gasteiger partial charge on any atom is -0.454 e. The van der Waals surface area contributed by atoms with Crippen LogP contribution in [-0.4, -0.2) is 20.7 Å². The van der Waals surface area contributed by atoms with Crippen molar-refractivity contribution in [2.45, 2.75) is 13.1 Å². The van der Waals surface area contributed by atoms with Gasteiger partial charge < -0.3 is 15.8 Å². The SMILES string of the molecule is Cc1c(Oc2ccc(NC(=O)c3cnn(-c4ccccc4)c3C(F)(F)F)cc2F)ccnc1N. The Kier molecular flexibility index (Phi) is 5.93. The van der Waals surface area contributed by atoms with Gasteiger partial charge in [-0.15, -0.1) is 0 Å². The summed E-state index contributed by atoms with van der Waals surface area (Å²) in [6, 6.07) is 12.6. The van der Waals surface area contributed by atoms with Gasteiger partial charge in [0.05, 0.1) is 17.4 Å². The first kappa shape index (κ1) is 22.8. The molecule has 1 amide bonds. The van der Waals surface area contributed by atoms with Crippen LogP contribution < -0.4 is 15.8 Å². The maximum Gasteiger partial charge on any atom is 0.434 e. The van der Waals surface area contributed by atoms with Crippen LogP contribution in [0.5, 0.6) is 11.5 Å². The summed E-state index contributed by atoms with van der Waals surface area (Å²) < 4.78 is 62.1. The average molecular weight is 471 g/mol. The number of para-hydroxylation sites is 1. The first-order valence-corrected chi connectivity index (χ1v) is 9.85. The molecule has 0 aliphatic carbocycles. The van der Waals surface area contributed by atoms with Crippen molar-refractivity contribution in [2.24, 2.45) is 0 Å². The van der Waals surface area contributed by atoms with Crippen LogP contribution in [0.4, 0.5) is 29.1 Å². The zero-order valence-corrected chi connectivity index (χ0v) is 17.6. The van der Waals surface area contributed by atoms with Crippen molar-refractivity contribution in [3.05, 3.63) is 89.6 Å². The molecule has 0 atom stereocenters. The van der Waals surface area contributed by atoms with E-state index in [2.05, 4.69) is 15.4 Å². The quantitative estimate of drug-likeness (QED) is 0.382. The van der Waals surface area contributed by atoms with Crippen LogP contribution in [0.2, 0.25) is 0 Å². The molecule has 2 aromatic carbocycles. The van der Waals surface area contributed by atoms with Gasteiger partial charge in [-0.1, -0.05) is 18.2 Å². The zero-order valence-electron chi connectivity index (χ0n) is 17.6. The van der Waals surface area contributed by atoms with Gasteiger partial charge >= 0.3 is 6.18 Å². The average Bonchev–Trinajstić information content (AvgIpc) is 3.25. The topological polar surface area (TPSA) is 95.1 Å². The smallest absolute Gasteiger partial charge is 0.434 e. The maximum atomic E-state index is 14.6. The number of amides is 1. The molecule has 0 unspecified atom stereocenters. The Morgan fingerprint density at radius 2 is 1.82 bits per heavy atom. The molecule has 4 aromatic rings. The molecule has 7 nitrogen and oxygen atoms in total. The third kappa shape index (κ3) is 4.53. The molecule has 0 aliphatic rings. The lowest BCUT2D eigenvalue weighted by Crippen LogP contribution is -2.20. The third-order valence-corrected chi connectivity index (χ3v) is 4.89. The number of rotatable bonds is 5. The summed E-state index contributed by atoms with van der Waals surface area (Å²) in [7, 11) is 0. The van der Waals surface area contributed by atoms with Gasteiger partial charge in [0.25, 0.3) is 5.91 Å². The number of nitrogens with one attached hydrogen (secondary N) is 1. The predicted molar refractivity (Wildman–Crippen MR) is 116 cm³/mol. The van der Waals surface area contributed by atoms with Crippen LogP contribution in [-0.2, 0) is 6.18 Å².